The number of hydrogen-bond acceptors (Lipinski definition) is 6. The quantitative estimate of drug-likeness (QED) is 0.256. The van der Waals surface area contributed by atoms with Gasteiger partial charge in [0.05, 0.1) is 7.11 Å². The molecular formula is C27H25NO7. The van der Waals surface area contributed by atoms with Crippen molar-refractivity contribution in [3.05, 3.63) is 102 Å². The number of alkyl carbamates (subject to hydrolysis) is 1. The van der Waals surface area contributed by atoms with Crippen molar-refractivity contribution in [3.8, 4) is 11.5 Å². The van der Waals surface area contributed by atoms with Crippen LogP contribution in [0.2, 0.25) is 0 Å². The van der Waals surface area contributed by atoms with Crippen molar-refractivity contribution in [2.45, 2.75) is 19.1 Å². The number of aliphatic carboxylic acids is 1. The third-order valence-electron chi connectivity index (χ3n) is 4.90. The Kier molecular flexibility index (Phi) is 9.01. The fraction of sp³-hybridized carbons (Fsp3) is 0.148. The second-order valence-electron chi connectivity index (χ2n) is 7.44. The predicted molar refractivity (Wildman–Crippen MR) is 129 cm³/mol. The topological polar surface area (TPSA) is 111 Å². The lowest BCUT2D eigenvalue weighted by atomic mass is 10.1. The highest BCUT2D eigenvalue weighted by molar-refractivity contribution is 5.86. The molecule has 0 aliphatic heterocycles. The maximum Gasteiger partial charge on any atom is 0.408 e. The number of amides is 1. The van der Waals surface area contributed by atoms with E-state index in [-0.39, 0.29) is 18.8 Å². The van der Waals surface area contributed by atoms with E-state index in [0.29, 0.717) is 11.3 Å². The van der Waals surface area contributed by atoms with Crippen LogP contribution in [0.1, 0.15) is 16.7 Å². The number of ether oxygens (including phenoxy) is 3. The van der Waals surface area contributed by atoms with E-state index in [1.807, 2.05) is 60.7 Å². The number of hydrogen-bond donors (Lipinski definition) is 2. The summed E-state index contributed by atoms with van der Waals surface area (Å²) in [5.41, 5.74) is 2.14. The molecule has 8 nitrogen and oxygen atoms in total. The van der Waals surface area contributed by atoms with Gasteiger partial charge in [-0.05, 0) is 29.3 Å². The van der Waals surface area contributed by atoms with Crippen molar-refractivity contribution in [2.24, 2.45) is 0 Å². The van der Waals surface area contributed by atoms with Gasteiger partial charge in [-0.2, -0.15) is 0 Å². The van der Waals surface area contributed by atoms with Gasteiger partial charge >= 0.3 is 18.0 Å². The van der Waals surface area contributed by atoms with E-state index in [9.17, 15) is 14.4 Å². The second kappa shape index (κ2) is 12.6. The van der Waals surface area contributed by atoms with Crippen LogP contribution in [0.3, 0.4) is 0 Å². The monoisotopic (exact) mass is 475 g/mol. The minimum Gasteiger partial charge on any atom is -0.496 e. The standard InChI is InChI=1S/C27H25NO7/c1-33-24-17-22(14-12-21(24)13-15-25(29)30)35-26(31)23(16-19-8-4-2-5-9-19)28-27(32)34-18-20-10-6-3-7-11-20/h2-15,17,23H,16,18H2,1H3,(H,28,32)(H,29,30)/b15-13+/t23-/m0/s1. The van der Waals surface area contributed by atoms with Crippen LogP contribution >= 0.6 is 0 Å². The van der Waals surface area contributed by atoms with E-state index >= 15 is 0 Å². The molecule has 0 bridgehead atoms. The molecule has 3 aromatic rings. The van der Waals surface area contributed by atoms with E-state index in [1.165, 1.54) is 25.3 Å². The van der Waals surface area contributed by atoms with Gasteiger partial charge < -0.3 is 24.6 Å². The smallest absolute Gasteiger partial charge is 0.408 e. The average Bonchev–Trinajstić information content (AvgIpc) is 2.87. The zero-order valence-electron chi connectivity index (χ0n) is 19.0. The number of benzene rings is 3. The van der Waals surface area contributed by atoms with Gasteiger partial charge in [0.2, 0.25) is 0 Å². The van der Waals surface area contributed by atoms with Gasteiger partial charge in [-0.1, -0.05) is 60.7 Å². The minimum absolute atomic E-state index is 0.0578. The third-order valence-corrected chi connectivity index (χ3v) is 4.90. The molecule has 35 heavy (non-hydrogen) atoms. The number of carboxylic acid groups (broad SMARTS) is 1. The van der Waals surface area contributed by atoms with Crippen LogP contribution in [0.25, 0.3) is 6.08 Å². The highest BCUT2D eigenvalue weighted by Gasteiger charge is 2.24. The van der Waals surface area contributed by atoms with Crippen LogP contribution in [-0.2, 0) is 27.4 Å². The molecule has 0 aromatic heterocycles. The predicted octanol–water partition coefficient (Wildman–Crippen LogP) is 4.24. The highest BCUT2D eigenvalue weighted by Crippen LogP contribution is 2.26. The molecule has 3 rings (SSSR count). The van der Waals surface area contributed by atoms with E-state index in [0.717, 1.165) is 17.2 Å². The van der Waals surface area contributed by atoms with Crippen molar-refractivity contribution < 1.29 is 33.7 Å². The first-order valence-electron chi connectivity index (χ1n) is 10.8. The summed E-state index contributed by atoms with van der Waals surface area (Å²) < 4.78 is 16.0. The van der Waals surface area contributed by atoms with Gasteiger partial charge in [0.15, 0.2) is 0 Å². The Morgan fingerprint density at radius 2 is 1.60 bits per heavy atom. The van der Waals surface area contributed by atoms with Gasteiger partial charge in [-0.3, -0.25) is 0 Å². The molecule has 0 radical (unpaired) electrons. The number of rotatable bonds is 10. The molecule has 0 aliphatic carbocycles. The van der Waals surface area contributed by atoms with Crippen LogP contribution in [0.5, 0.6) is 11.5 Å². The molecule has 0 fully saturated rings. The van der Waals surface area contributed by atoms with Crippen molar-refractivity contribution in [1.82, 2.24) is 5.32 Å². The maximum absolute atomic E-state index is 13.0. The van der Waals surface area contributed by atoms with Crippen molar-refractivity contribution in [2.75, 3.05) is 7.11 Å². The molecule has 8 heteroatoms. The van der Waals surface area contributed by atoms with Gasteiger partial charge in [0.25, 0.3) is 0 Å². The van der Waals surface area contributed by atoms with Crippen LogP contribution < -0.4 is 14.8 Å². The lowest BCUT2D eigenvalue weighted by Crippen LogP contribution is -2.44. The lowest BCUT2D eigenvalue weighted by molar-refractivity contribution is -0.136. The normalized spacial score (nSPS) is 11.5. The number of carbonyl (C=O) groups is 3. The number of carboxylic acids is 1. The van der Waals surface area contributed by atoms with Gasteiger partial charge in [-0.15, -0.1) is 0 Å². The molecule has 1 atom stereocenters. The molecule has 0 heterocycles. The number of carbonyl (C=O) groups excluding carboxylic acids is 2. The largest absolute Gasteiger partial charge is 0.496 e. The van der Waals surface area contributed by atoms with Gasteiger partial charge in [-0.25, -0.2) is 14.4 Å². The molecule has 0 spiro atoms. The molecule has 2 N–H and O–H groups in total. The maximum atomic E-state index is 13.0. The van der Waals surface area contributed by atoms with Crippen molar-refractivity contribution >= 4 is 24.1 Å². The number of nitrogens with one attached hydrogen (secondary N) is 1. The molecule has 0 saturated heterocycles. The Bertz CT molecular complexity index is 1180. The first-order chi connectivity index (χ1) is 16.9. The molecule has 0 unspecified atom stereocenters. The van der Waals surface area contributed by atoms with Crippen molar-refractivity contribution in [3.63, 3.8) is 0 Å². The summed E-state index contributed by atoms with van der Waals surface area (Å²) in [6.45, 7) is 0.0578. The second-order valence-corrected chi connectivity index (χ2v) is 7.44. The van der Waals surface area contributed by atoms with Crippen LogP contribution in [0, 0.1) is 0 Å². The first kappa shape index (κ1) is 25.0. The Balaban J connectivity index is 1.72. The van der Waals surface area contributed by atoms with E-state index < -0.39 is 24.1 Å². The van der Waals surface area contributed by atoms with Crippen LogP contribution in [-0.4, -0.2) is 36.3 Å². The first-order valence-corrected chi connectivity index (χ1v) is 10.8. The van der Waals surface area contributed by atoms with E-state index in [4.69, 9.17) is 19.3 Å². The fourth-order valence-electron chi connectivity index (χ4n) is 3.19. The molecule has 0 aliphatic rings. The lowest BCUT2D eigenvalue weighted by Gasteiger charge is -2.18. The third kappa shape index (κ3) is 8.04. The minimum atomic E-state index is -1.10. The fourth-order valence-corrected chi connectivity index (χ4v) is 3.19. The summed E-state index contributed by atoms with van der Waals surface area (Å²) in [7, 11) is 1.42. The zero-order valence-corrected chi connectivity index (χ0v) is 19.0. The summed E-state index contributed by atoms with van der Waals surface area (Å²) in [4.78, 5) is 36.2. The van der Waals surface area contributed by atoms with Gasteiger partial charge in [0, 0.05) is 24.1 Å². The number of methoxy groups -OCH3 is 1. The summed E-state index contributed by atoms with van der Waals surface area (Å²) in [5, 5.41) is 11.4. The Labute approximate surface area is 202 Å². The summed E-state index contributed by atoms with van der Waals surface area (Å²) in [6, 6.07) is 21.9. The molecule has 180 valence electrons. The Morgan fingerprint density at radius 1 is 0.943 bits per heavy atom. The average molecular weight is 475 g/mol. The molecule has 0 saturated carbocycles. The summed E-state index contributed by atoms with van der Waals surface area (Å²) in [5.74, 6) is -1.29. The van der Waals surface area contributed by atoms with E-state index in [2.05, 4.69) is 5.32 Å². The number of esters is 1. The molecule has 1 amide bonds. The summed E-state index contributed by atoms with van der Waals surface area (Å²) in [6.07, 6.45) is 1.79. The summed E-state index contributed by atoms with van der Waals surface area (Å²) >= 11 is 0. The van der Waals surface area contributed by atoms with Gasteiger partial charge in [0.1, 0.15) is 24.1 Å². The van der Waals surface area contributed by atoms with Crippen LogP contribution in [0.4, 0.5) is 4.79 Å². The SMILES string of the molecule is COc1cc(OC(=O)[C@H](Cc2ccccc2)NC(=O)OCc2ccccc2)ccc1/C=C/C(=O)O. The Hall–Kier alpha value is -4.59. The molecular weight excluding hydrogens is 450 g/mol. The van der Waals surface area contributed by atoms with E-state index in [1.54, 1.807) is 6.07 Å². The van der Waals surface area contributed by atoms with Crippen molar-refractivity contribution in [1.29, 1.82) is 0 Å². The van der Waals surface area contributed by atoms with Crippen LogP contribution in [0.15, 0.2) is 84.9 Å². The Morgan fingerprint density at radius 3 is 2.23 bits per heavy atom. The zero-order chi connectivity index (χ0) is 25.0. The highest BCUT2D eigenvalue weighted by atomic mass is 16.6. The molecule has 3 aromatic carbocycles.